The van der Waals surface area contributed by atoms with E-state index in [1.165, 1.54) is 5.56 Å². The van der Waals surface area contributed by atoms with Crippen LogP contribution in [0.25, 0.3) is 0 Å². The minimum atomic E-state index is 0.335. The van der Waals surface area contributed by atoms with Gasteiger partial charge in [-0.05, 0) is 37.2 Å². The molecule has 1 rings (SSSR count). The van der Waals surface area contributed by atoms with Crippen molar-refractivity contribution in [2.45, 2.75) is 44.9 Å². The first-order chi connectivity index (χ1) is 7.08. The van der Waals surface area contributed by atoms with Gasteiger partial charge in [0.15, 0.2) is 0 Å². The molecule has 0 aromatic carbocycles. The molecule has 0 radical (unpaired) electrons. The molecule has 1 heterocycles. The molecule has 0 saturated heterocycles. The van der Waals surface area contributed by atoms with E-state index in [1.54, 1.807) is 0 Å². The lowest BCUT2D eigenvalue weighted by atomic mass is 10.0. The predicted octanol–water partition coefficient (Wildman–Crippen LogP) is 3.40. The lowest BCUT2D eigenvalue weighted by molar-refractivity contribution is 0.533. The van der Waals surface area contributed by atoms with Crippen molar-refractivity contribution in [3.05, 3.63) is 18.0 Å². The van der Waals surface area contributed by atoms with Gasteiger partial charge in [-0.2, -0.15) is 5.10 Å². The highest BCUT2D eigenvalue weighted by molar-refractivity contribution is 6.20. The Bertz CT molecular complexity index is 281. The Balaban J connectivity index is 2.16. The van der Waals surface area contributed by atoms with Crippen molar-refractivity contribution in [2.24, 2.45) is 13.0 Å². The molecule has 0 saturated carbocycles. The summed E-state index contributed by atoms with van der Waals surface area (Å²) in [5, 5.41) is 4.48. The first kappa shape index (κ1) is 12.6. The summed E-state index contributed by atoms with van der Waals surface area (Å²) >= 11 is 6.23. The molecule has 15 heavy (non-hydrogen) atoms. The molecule has 1 aromatic rings. The van der Waals surface area contributed by atoms with Crippen molar-refractivity contribution in [3.63, 3.8) is 0 Å². The molecule has 0 aliphatic carbocycles. The first-order valence-corrected chi connectivity index (χ1v) is 6.13. The van der Waals surface area contributed by atoms with Crippen LogP contribution in [0.1, 0.15) is 38.7 Å². The molecule has 1 aromatic heterocycles. The largest absolute Gasteiger partial charge is 0.276 e. The summed E-state index contributed by atoms with van der Waals surface area (Å²) in [6.07, 6.45) is 8.49. The molecule has 0 N–H and O–H groups in total. The number of hydrogen-bond acceptors (Lipinski definition) is 1. The van der Waals surface area contributed by atoms with Crippen molar-refractivity contribution in [3.8, 4) is 0 Å². The number of hydrogen-bond donors (Lipinski definition) is 0. The second-order valence-electron chi connectivity index (χ2n) is 4.64. The molecule has 0 aliphatic rings. The Hall–Kier alpha value is -0.500. The third kappa shape index (κ3) is 5.22. The van der Waals surface area contributed by atoms with E-state index >= 15 is 0 Å². The molecular weight excluding hydrogens is 208 g/mol. The van der Waals surface area contributed by atoms with Crippen LogP contribution >= 0.6 is 11.6 Å². The second-order valence-corrected chi connectivity index (χ2v) is 5.26. The average Bonchev–Trinajstić information content (AvgIpc) is 2.50. The number of rotatable bonds is 6. The van der Waals surface area contributed by atoms with Gasteiger partial charge in [-0.3, -0.25) is 4.68 Å². The number of halogens is 1. The summed E-state index contributed by atoms with van der Waals surface area (Å²) in [7, 11) is 1.95. The smallest absolute Gasteiger partial charge is 0.0521 e. The third-order valence-electron chi connectivity index (χ3n) is 2.47. The van der Waals surface area contributed by atoms with E-state index in [0.717, 1.165) is 25.7 Å². The lowest BCUT2D eigenvalue weighted by Crippen LogP contribution is -2.03. The van der Waals surface area contributed by atoms with Crippen molar-refractivity contribution in [2.75, 3.05) is 0 Å². The number of nitrogens with zero attached hydrogens (tertiary/aromatic N) is 2. The standard InChI is InChI=1S/C12H21ClN2/c1-10(2)7-12(13)6-4-5-11-8-14-15(3)9-11/h8-10,12H,4-7H2,1-3H3. The van der Waals surface area contributed by atoms with Crippen molar-refractivity contribution in [1.29, 1.82) is 0 Å². The van der Waals surface area contributed by atoms with E-state index in [4.69, 9.17) is 11.6 Å². The zero-order valence-electron chi connectivity index (χ0n) is 9.91. The van der Waals surface area contributed by atoms with E-state index in [1.807, 2.05) is 17.9 Å². The normalized spacial score (nSPS) is 13.4. The van der Waals surface area contributed by atoms with Crippen molar-refractivity contribution < 1.29 is 0 Å². The molecule has 3 heteroatoms. The van der Waals surface area contributed by atoms with Gasteiger partial charge in [0.25, 0.3) is 0 Å². The van der Waals surface area contributed by atoms with E-state index in [0.29, 0.717) is 11.3 Å². The molecule has 1 atom stereocenters. The highest BCUT2D eigenvalue weighted by Crippen LogP contribution is 2.17. The van der Waals surface area contributed by atoms with Gasteiger partial charge in [-0.25, -0.2) is 0 Å². The summed E-state index contributed by atoms with van der Waals surface area (Å²) in [6, 6.07) is 0. The molecule has 0 fully saturated rings. The number of aryl methyl sites for hydroxylation is 2. The minimum Gasteiger partial charge on any atom is -0.276 e. The minimum absolute atomic E-state index is 0.335. The van der Waals surface area contributed by atoms with Gasteiger partial charge in [0, 0.05) is 18.6 Å². The van der Waals surface area contributed by atoms with Gasteiger partial charge in [-0.1, -0.05) is 13.8 Å². The quantitative estimate of drug-likeness (QED) is 0.683. The SMILES string of the molecule is CC(C)CC(Cl)CCCc1cnn(C)c1. The van der Waals surface area contributed by atoms with E-state index in [2.05, 4.69) is 25.1 Å². The lowest BCUT2D eigenvalue weighted by Gasteiger charge is -2.10. The summed E-state index contributed by atoms with van der Waals surface area (Å²) in [6.45, 7) is 4.44. The van der Waals surface area contributed by atoms with Crippen LogP contribution in [0.5, 0.6) is 0 Å². The summed E-state index contributed by atoms with van der Waals surface area (Å²) < 4.78 is 1.85. The summed E-state index contributed by atoms with van der Waals surface area (Å²) in [4.78, 5) is 0. The van der Waals surface area contributed by atoms with Crippen LogP contribution in [-0.2, 0) is 13.5 Å². The molecule has 0 aliphatic heterocycles. The molecule has 0 bridgehead atoms. The van der Waals surface area contributed by atoms with E-state index < -0.39 is 0 Å². The van der Waals surface area contributed by atoms with Crippen LogP contribution in [-0.4, -0.2) is 15.2 Å². The van der Waals surface area contributed by atoms with Gasteiger partial charge in [-0.15, -0.1) is 11.6 Å². The first-order valence-electron chi connectivity index (χ1n) is 5.69. The number of alkyl halides is 1. The number of aromatic nitrogens is 2. The fourth-order valence-corrected chi connectivity index (χ4v) is 2.27. The Labute approximate surface area is 97.6 Å². The maximum Gasteiger partial charge on any atom is 0.0521 e. The van der Waals surface area contributed by atoms with E-state index in [-0.39, 0.29) is 0 Å². The molecule has 2 nitrogen and oxygen atoms in total. The predicted molar refractivity (Wildman–Crippen MR) is 65.2 cm³/mol. The zero-order valence-corrected chi connectivity index (χ0v) is 10.7. The zero-order chi connectivity index (χ0) is 11.3. The fraction of sp³-hybridized carbons (Fsp3) is 0.750. The molecule has 0 spiro atoms. The van der Waals surface area contributed by atoms with Gasteiger partial charge in [0.2, 0.25) is 0 Å². The van der Waals surface area contributed by atoms with Crippen LogP contribution in [0.15, 0.2) is 12.4 Å². The Morgan fingerprint density at radius 3 is 2.73 bits per heavy atom. The third-order valence-corrected chi connectivity index (χ3v) is 2.86. The van der Waals surface area contributed by atoms with Gasteiger partial charge >= 0.3 is 0 Å². The Morgan fingerprint density at radius 2 is 2.20 bits per heavy atom. The van der Waals surface area contributed by atoms with Gasteiger partial charge in [0.1, 0.15) is 0 Å². The van der Waals surface area contributed by atoms with Crippen LogP contribution in [0.2, 0.25) is 0 Å². The van der Waals surface area contributed by atoms with Crippen LogP contribution in [0.4, 0.5) is 0 Å². The highest BCUT2D eigenvalue weighted by Gasteiger charge is 2.07. The van der Waals surface area contributed by atoms with Gasteiger partial charge in [0.05, 0.1) is 6.20 Å². The average molecular weight is 229 g/mol. The maximum absolute atomic E-state index is 6.23. The topological polar surface area (TPSA) is 17.8 Å². The molecule has 0 amide bonds. The fourth-order valence-electron chi connectivity index (χ4n) is 1.76. The van der Waals surface area contributed by atoms with Crippen molar-refractivity contribution in [1.82, 2.24) is 9.78 Å². The molecular formula is C12H21ClN2. The van der Waals surface area contributed by atoms with Crippen LogP contribution in [0, 0.1) is 5.92 Å². The summed E-state index contributed by atoms with van der Waals surface area (Å²) in [5.41, 5.74) is 1.31. The van der Waals surface area contributed by atoms with E-state index in [9.17, 15) is 0 Å². The molecule has 86 valence electrons. The monoisotopic (exact) mass is 228 g/mol. The van der Waals surface area contributed by atoms with Gasteiger partial charge < -0.3 is 0 Å². The Kier molecular flexibility index (Phi) is 5.16. The van der Waals surface area contributed by atoms with Crippen molar-refractivity contribution >= 4 is 11.6 Å². The van der Waals surface area contributed by atoms with Crippen LogP contribution in [0.3, 0.4) is 0 Å². The van der Waals surface area contributed by atoms with Crippen LogP contribution < -0.4 is 0 Å². The maximum atomic E-state index is 6.23. The second kappa shape index (κ2) is 6.16. The summed E-state index contributed by atoms with van der Waals surface area (Å²) in [5.74, 6) is 0.700. The Morgan fingerprint density at radius 1 is 1.47 bits per heavy atom. The highest BCUT2D eigenvalue weighted by atomic mass is 35.5. The molecule has 1 unspecified atom stereocenters.